The van der Waals surface area contributed by atoms with Gasteiger partial charge in [-0.2, -0.15) is 0 Å². The van der Waals surface area contributed by atoms with Crippen molar-refractivity contribution in [3.63, 3.8) is 0 Å². The van der Waals surface area contributed by atoms with Gasteiger partial charge in [-0.25, -0.2) is 13.1 Å². The molecule has 1 heterocycles. The molecule has 0 saturated heterocycles. The molecule has 0 aromatic carbocycles. The third-order valence-corrected chi connectivity index (χ3v) is 3.69. The van der Waals surface area contributed by atoms with Crippen LogP contribution in [0.15, 0.2) is 12.1 Å². The topological polar surface area (TPSA) is 63.1 Å². The Morgan fingerprint density at radius 1 is 1.21 bits per heavy atom. The summed E-state index contributed by atoms with van der Waals surface area (Å²) in [7, 11) is -1.03. The molecule has 110 valence electrons. The van der Waals surface area contributed by atoms with Gasteiger partial charge in [-0.15, -0.1) is 0 Å². The highest BCUT2D eigenvalue weighted by Crippen LogP contribution is 2.23. The summed E-state index contributed by atoms with van der Waals surface area (Å²) in [6.45, 7) is 8.33. The molecule has 0 saturated carbocycles. The number of hydrogen-bond acceptors (Lipinski definition) is 3. The van der Waals surface area contributed by atoms with Crippen LogP contribution >= 0.6 is 0 Å². The van der Waals surface area contributed by atoms with Gasteiger partial charge in [0.2, 0.25) is 10.0 Å². The third kappa shape index (κ3) is 5.34. The summed E-state index contributed by atoms with van der Waals surface area (Å²) in [5.74, 6) is 0. The van der Waals surface area contributed by atoms with Gasteiger partial charge in [0.25, 0.3) is 0 Å². The third-order valence-electron chi connectivity index (χ3n) is 2.97. The van der Waals surface area contributed by atoms with Crippen molar-refractivity contribution in [1.29, 1.82) is 0 Å². The van der Waals surface area contributed by atoms with Crippen molar-refractivity contribution < 1.29 is 8.42 Å². The molecular weight excluding hydrogens is 262 g/mol. The van der Waals surface area contributed by atoms with Crippen LogP contribution in [0.3, 0.4) is 0 Å². The fourth-order valence-corrected chi connectivity index (χ4v) is 2.50. The molecule has 0 unspecified atom stereocenters. The van der Waals surface area contributed by atoms with Gasteiger partial charge < -0.3 is 9.88 Å². The van der Waals surface area contributed by atoms with Crippen LogP contribution in [-0.4, -0.2) is 32.3 Å². The molecule has 0 fully saturated rings. The van der Waals surface area contributed by atoms with E-state index in [-0.39, 0.29) is 5.41 Å². The highest BCUT2D eigenvalue weighted by molar-refractivity contribution is 7.88. The zero-order valence-electron chi connectivity index (χ0n) is 12.4. The lowest BCUT2D eigenvalue weighted by atomic mass is 9.92. The Morgan fingerprint density at radius 2 is 1.84 bits per heavy atom. The van der Waals surface area contributed by atoms with E-state index in [2.05, 4.69) is 54.6 Å². The first-order chi connectivity index (χ1) is 8.61. The number of nitrogens with zero attached hydrogens (tertiary/aromatic N) is 1. The predicted molar refractivity (Wildman–Crippen MR) is 78.7 cm³/mol. The standard InChI is InChI=1S/C13H25N3O2S/c1-13(2,3)12-7-6-11(16(12)4)10-14-8-9-15-19(5,17)18/h6-7,14-15H,8-10H2,1-5H3. The van der Waals surface area contributed by atoms with E-state index in [9.17, 15) is 8.42 Å². The number of hydrogen-bond donors (Lipinski definition) is 2. The van der Waals surface area contributed by atoms with E-state index in [0.29, 0.717) is 13.1 Å². The number of rotatable bonds is 6. The molecule has 19 heavy (non-hydrogen) atoms. The zero-order chi connectivity index (χ0) is 14.7. The van der Waals surface area contributed by atoms with Crippen molar-refractivity contribution in [2.24, 2.45) is 7.05 Å². The van der Waals surface area contributed by atoms with Crippen molar-refractivity contribution in [1.82, 2.24) is 14.6 Å². The molecule has 6 heteroatoms. The molecule has 1 aromatic heterocycles. The Morgan fingerprint density at radius 3 is 2.32 bits per heavy atom. The van der Waals surface area contributed by atoms with E-state index in [4.69, 9.17) is 0 Å². The van der Waals surface area contributed by atoms with Crippen LogP contribution in [-0.2, 0) is 29.0 Å². The minimum Gasteiger partial charge on any atom is -0.350 e. The van der Waals surface area contributed by atoms with Crippen molar-refractivity contribution in [3.8, 4) is 0 Å². The lowest BCUT2D eigenvalue weighted by molar-refractivity contribution is 0.530. The Balaban J connectivity index is 2.45. The largest absolute Gasteiger partial charge is 0.350 e. The summed E-state index contributed by atoms with van der Waals surface area (Å²) in [4.78, 5) is 0. The molecule has 0 radical (unpaired) electrons. The van der Waals surface area contributed by atoms with E-state index in [1.165, 1.54) is 17.6 Å². The van der Waals surface area contributed by atoms with E-state index in [0.717, 1.165) is 6.54 Å². The molecular formula is C13H25N3O2S. The highest BCUT2D eigenvalue weighted by Gasteiger charge is 2.18. The van der Waals surface area contributed by atoms with Gasteiger partial charge in [0.1, 0.15) is 0 Å². The average Bonchev–Trinajstić information content (AvgIpc) is 2.57. The van der Waals surface area contributed by atoms with Crippen LogP contribution in [0.1, 0.15) is 32.2 Å². The molecule has 1 aromatic rings. The maximum Gasteiger partial charge on any atom is 0.208 e. The summed E-state index contributed by atoms with van der Waals surface area (Å²) in [5.41, 5.74) is 2.62. The second-order valence-corrected chi connectivity index (χ2v) is 7.70. The van der Waals surface area contributed by atoms with Gasteiger partial charge in [-0.1, -0.05) is 20.8 Å². The zero-order valence-corrected chi connectivity index (χ0v) is 13.3. The van der Waals surface area contributed by atoms with Gasteiger partial charge >= 0.3 is 0 Å². The second kappa shape index (κ2) is 6.07. The fraction of sp³-hybridized carbons (Fsp3) is 0.692. The molecule has 0 aliphatic rings. The molecule has 0 amide bonds. The summed E-state index contributed by atoms with van der Waals surface area (Å²) in [5, 5.41) is 3.23. The average molecular weight is 287 g/mol. The predicted octanol–water partition coefficient (Wildman–Crippen LogP) is 0.961. The van der Waals surface area contributed by atoms with Gasteiger partial charge in [-0.05, 0) is 12.1 Å². The van der Waals surface area contributed by atoms with Gasteiger partial charge in [0.05, 0.1) is 6.26 Å². The Kier molecular flexibility index (Phi) is 5.18. The van der Waals surface area contributed by atoms with E-state index >= 15 is 0 Å². The summed E-state index contributed by atoms with van der Waals surface area (Å²) >= 11 is 0. The second-order valence-electron chi connectivity index (χ2n) is 5.86. The van der Waals surface area contributed by atoms with Crippen molar-refractivity contribution >= 4 is 10.0 Å². The molecule has 1 rings (SSSR count). The van der Waals surface area contributed by atoms with Crippen molar-refractivity contribution in [3.05, 3.63) is 23.5 Å². The van der Waals surface area contributed by atoms with E-state index in [1.54, 1.807) is 0 Å². The molecule has 0 bridgehead atoms. The van der Waals surface area contributed by atoms with Gasteiger partial charge in [0, 0.05) is 43.5 Å². The van der Waals surface area contributed by atoms with Crippen molar-refractivity contribution in [2.45, 2.75) is 32.7 Å². The lowest BCUT2D eigenvalue weighted by Gasteiger charge is -2.20. The maximum atomic E-state index is 10.9. The molecule has 0 aliphatic carbocycles. The molecule has 2 N–H and O–H groups in total. The minimum absolute atomic E-state index is 0.130. The summed E-state index contributed by atoms with van der Waals surface area (Å²) in [6.07, 6.45) is 1.17. The van der Waals surface area contributed by atoms with Crippen LogP contribution in [0.25, 0.3) is 0 Å². The monoisotopic (exact) mass is 287 g/mol. The van der Waals surface area contributed by atoms with E-state index in [1.807, 2.05) is 0 Å². The van der Waals surface area contributed by atoms with Crippen LogP contribution in [0.4, 0.5) is 0 Å². The maximum absolute atomic E-state index is 10.9. The Labute approximate surface area is 116 Å². The number of nitrogens with one attached hydrogen (secondary N) is 2. The molecule has 0 atom stereocenters. The first kappa shape index (κ1) is 16.2. The summed E-state index contributed by atoms with van der Waals surface area (Å²) in [6, 6.07) is 4.25. The van der Waals surface area contributed by atoms with E-state index < -0.39 is 10.0 Å². The Hall–Kier alpha value is -0.850. The van der Waals surface area contributed by atoms with Gasteiger partial charge in [0.15, 0.2) is 0 Å². The van der Waals surface area contributed by atoms with Gasteiger partial charge in [-0.3, -0.25) is 0 Å². The highest BCUT2D eigenvalue weighted by atomic mass is 32.2. The quantitative estimate of drug-likeness (QED) is 0.766. The SMILES string of the molecule is Cn1c(CNCCNS(C)(=O)=O)ccc1C(C)(C)C. The minimum atomic E-state index is -3.09. The lowest BCUT2D eigenvalue weighted by Crippen LogP contribution is -2.31. The number of aromatic nitrogens is 1. The molecule has 0 spiro atoms. The first-order valence-electron chi connectivity index (χ1n) is 6.42. The Bertz CT molecular complexity index is 512. The van der Waals surface area contributed by atoms with Crippen molar-refractivity contribution in [2.75, 3.05) is 19.3 Å². The van der Waals surface area contributed by atoms with Crippen LogP contribution in [0.2, 0.25) is 0 Å². The molecule has 5 nitrogen and oxygen atoms in total. The van der Waals surface area contributed by atoms with Crippen LogP contribution in [0, 0.1) is 0 Å². The smallest absolute Gasteiger partial charge is 0.208 e. The summed E-state index contributed by atoms with van der Waals surface area (Å²) < 4.78 is 26.4. The van der Waals surface area contributed by atoms with Crippen LogP contribution < -0.4 is 10.0 Å². The van der Waals surface area contributed by atoms with Crippen LogP contribution in [0.5, 0.6) is 0 Å². The fourth-order valence-electron chi connectivity index (χ4n) is 2.03. The number of sulfonamides is 1. The molecule has 0 aliphatic heterocycles. The first-order valence-corrected chi connectivity index (χ1v) is 8.31. The normalized spacial score (nSPS) is 12.9.